The van der Waals surface area contributed by atoms with E-state index in [9.17, 15) is 14.4 Å². The van der Waals surface area contributed by atoms with Crippen molar-refractivity contribution in [2.24, 2.45) is 0 Å². The molecule has 0 aliphatic rings. The summed E-state index contributed by atoms with van der Waals surface area (Å²) >= 11 is 0. The molecule has 9 heteroatoms. The summed E-state index contributed by atoms with van der Waals surface area (Å²) in [6, 6.07) is 0. The minimum absolute atomic E-state index is 0.0383. The zero-order valence-corrected chi connectivity index (χ0v) is 12.6. The van der Waals surface area contributed by atoms with E-state index in [1.54, 1.807) is 0 Å². The van der Waals surface area contributed by atoms with Gasteiger partial charge in [-0.1, -0.05) is 0 Å². The van der Waals surface area contributed by atoms with Crippen molar-refractivity contribution in [3.05, 3.63) is 0 Å². The van der Waals surface area contributed by atoms with Gasteiger partial charge in [-0.2, -0.15) is 0 Å². The maximum absolute atomic E-state index is 11.2. The van der Waals surface area contributed by atoms with Crippen molar-refractivity contribution in [1.82, 2.24) is 16.0 Å². The smallest absolute Gasteiger partial charge is 0.407 e. The molecule has 0 aromatic rings. The van der Waals surface area contributed by atoms with Gasteiger partial charge in [0.15, 0.2) is 0 Å². The van der Waals surface area contributed by atoms with E-state index in [0.717, 1.165) is 0 Å². The van der Waals surface area contributed by atoms with Crippen LogP contribution in [0.1, 0.15) is 19.3 Å². The Morgan fingerprint density at radius 1 is 0.857 bits per heavy atom. The first-order valence-corrected chi connectivity index (χ1v) is 6.60. The SMILES string of the molecule is CNC(=O)OCCCCC(COC(=O)NC)OC(=O)NC. The number of carbonyl (C=O) groups excluding carboxylic acids is 3. The first-order valence-electron chi connectivity index (χ1n) is 6.60. The van der Waals surface area contributed by atoms with Crippen LogP contribution in [0.2, 0.25) is 0 Å². The van der Waals surface area contributed by atoms with Gasteiger partial charge in [-0.15, -0.1) is 0 Å². The Bertz CT molecular complexity index is 337. The van der Waals surface area contributed by atoms with Crippen LogP contribution in [0.5, 0.6) is 0 Å². The molecule has 122 valence electrons. The van der Waals surface area contributed by atoms with Crippen molar-refractivity contribution in [1.29, 1.82) is 0 Å². The van der Waals surface area contributed by atoms with E-state index in [-0.39, 0.29) is 13.2 Å². The van der Waals surface area contributed by atoms with Crippen LogP contribution < -0.4 is 16.0 Å². The molecule has 3 N–H and O–H groups in total. The monoisotopic (exact) mass is 305 g/mol. The van der Waals surface area contributed by atoms with E-state index in [1.807, 2.05) is 0 Å². The number of ether oxygens (including phenoxy) is 3. The fourth-order valence-corrected chi connectivity index (χ4v) is 1.34. The van der Waals surface area contributed by atoms with Crippen LogP contribution in [0.4, 0.5) is 14.4 Å². The Balaban J connectivity index is 4.00. The van der Waals surface area contributed by atoms with Crippen molar-refractivity contribution < 1.29 is 28.6 Å². The molecule has 0 heterocycles. The molecule has 0 aromatic heterocycles. The maximum atomic E-state index is 11.2. The highest BCUT2D eigenvalue weighted by atomic mass is 16.6. The van der Waals surface area contributed by atoms with Gasteiger partial charge in [0.2, 0.25) is 0 Å². The lowest BCUT2D eigenvalue weighted by Crippen LogP contribution is -2.31. The third-order valence-electron chi connectivity index (χ3n) is 2.44. The summed E-state index contributed by atoms with van der Waals surface area (Å²) in [6.07, 6.45) is -0.484. The Morgan fingerprint density at radius 3 is 2.00 bits per heavy atom. The number of hydrogen-bond donors (Lipinski definition) is 3. The largest absolute Gasteiger partial charge is 0.450 e. The lowest BCUT2D eigenvalue weighted by molar-refractivity contribution is 0.0395. The van der Waals surface area contributed by atoms with Gasteiger partial charge in [-0.25, -0.2) is 14.4 Å². The highest BCUT2D eigenvalue weighted by Gasteiger charge is 2.15. The lowest BCUT2D eigenvalue weighted by atomic mass is 10.1. The Hall–Kier alpha value is -2.19. The molecule has 9 nitrogen and oxygen atoms in total. The van der Waals surface area contributed by atoms with Crippen LogP contribution in [0.25, 0.3) is 0 Å². The predicted molar refractivity (Wildman–Crippen MR) is 74.0 cm³/mol. The summed E-state index contributed by atoms with van der Waals surface area (Å²) in [5, 5.41) is 6.96. The topological polar surface area (TPSA) is 115 Å². The minimum atomic E-state index is -0.595. The third-order valence-corrected chi connectivity index (χ3v) is 2.44. The van der Waals surface area contributed by atoms with E-state index in [0.29, 0.717) is 19.3 Å². The number of hydrogen-bond acceptors (Lipinski definition) is 6. The molecule has 0 saturated heterocycles. The summed E-state index contributed by atoms with van der Waals surface area (Å²) in [7, 11) is 4.36. The fraction of sp³-hybridized carbons (Fsp3) is 0.750. The normalized spacial score (nSPS) is 11.0. The molecular formula is C12H23N3O6. The van der Waals surface area contributed by atoms with Crippen LogP contribution >= 0.6 is 0 Å². The summed E-state index contributed by atoms with van der Waals surface area (Å²) in [5.41, 5.74) is 0. The molecular weight excluding hydrogens is 282 g/mol. The van der Waals surface area contributed by atoms with Crippen molar-refractivity contribution in [2.45, 2.75) is 25.4 Å². The highest BCUT2D eigenvalue weighted by Crippen LogP contribution is 2.07. The molecule has 0 aliphatic carbocycles. The van der Waals surface area contributed by atoms with Gasteiger partial charge >= 0.3 is 18.3 Å². The zero-order valence-electron chi connectivity index (χ0n) is 12.6. The molecule has 3 amide bonds. The van der Waals surface area contributed by atoms with Crippen LogP contribution in [0.15, 0.2) is 0 Å². The van der Waals surface area contributed by atoms with Gasteiger partial charge in [-0.3, -0.25) is 0 Å². The number of unbranched alkanes of at least 4 members (excludes halogenated alkanes) is 1. The number of nitrogens with one attached hydrogen (secondary N) is 3. The van der Waals surface area contributed by atoms with Gasteiger partial charge in [0.05, 0.1) is 6.61 Å². The molecule has 1 unspecified atom stereocenters. The Labute approximate surface area is 123 Å². The summed E-state index contributed by atoms with van der Waals surface area (Å²) in [5.74, 6) is 0. The molecule has 21 heavy (non-hydrogen) atoms. The zero-order chi connectivity index (χ0) is 16.1. The van der Waals surface area contributed by atoms with E-state index in [1.165, 1.54) is 21.1 Å². The second-order valence-electron chi connectivity index (χ2n) is 4.01. The van der Waals surface area contributed by atoms with E-state index in [2.05, 4.69) is 16.0 Å². The highest BCUT2D eigenvalue weighted by molar-refractivity contribution is 5.67. The van der Waals surface area contributed by atoms with Crippen molar-refractivity contribution in [3.8, 4) is 0 Å². The van der Waals surface area contributed by atoms with Gasteiger partial charge in [0.25, 0.3) is 0 Å². The minimum Gasteiger partial charge on any atom is -0.450 e. The second kappa shape index (κ2) is 11.6. The van der Waals surface area contributed by atoms with Crippen LogP contribution in [-0.4, -0.2) is 58.7 Å². The molecule has 0 radical (unpaired) electrons. The van der Waals surface area contributed by atoms with Gasteiger partial charge in [0, 0.05) is 21.1 Å². The second-order valence-corrected chi connectivity index (χ2v) is 4.01. The summed E-state index contributed by atoms with van der Waals surface area (Å²) < 4.78 is 14.8. The van der Waals surface area contributed by atoms with E-state index >= 15 is 0 Å². The number of alkyl carbamates (subject to hydrolysis) is 3. The van der Waals surface area contributed by atoms with Gasteiger partial charge in [-0.05, 0) is 19.3 Å². The molecule has 0 bridgehead atoms. The predicted octanol–water partition coefficient (Wildman–Crippen LogP) is 0.593. The Morgan fingerprint density at radius 2 is 1.43 bits per heavy atom. The average molecular weight is 305 g/mol. The molecule has 1 atom stereocenters. The quantitative estimate of drug-likeness (QED) is 0.446. The van der Waals surface area contributed by atoms with Gasteiger partial charge in [0.1, 0.15) is 12.7 Å². The van der Waals surface area contributed by atoms with Crippen LogP contribution in [0, 0.1) is 0 Å². The van der Waals surface area contributed by atoms with E-state index in [4.69, 9.17) is 14.2 Å². The number of amides is 3. The first-order chi connectivity index (χ1) is 10.0. The van der Waals surface area contributed by atoms with E-state index < -0.39 is 24.4 Å². The molecule has 0 aromatic carbocycles. The Kier molecular flexibility index (Phi) is 10.4. The molecule has 0 rings (SSSR count). The van der Waals surface area contributed by atoms with Crippen molar-refractivity contribution in [3.63, 3.8) is 0 Å². The first kappa shape index (κ1) is 18.8. The van der Waals surface area contributed by atoms with Crippen LogP contribution in [0.3, 0.4) is 0 Å². The number of carbonyl (C=O) groups is 3. The van der Waals surface area contributed by atoms with Crippen molar-refractivity contribution >= 4 is 18.3 Å². The van der Waals surface area contributed by atoms with Gasteiger partial charge < -0.3 is 30.2 Å². The fourth-order valence-electron chi connectivity index (χ4n) is 1.34. The summed E-state index contributed by atoms with van der Waals surface area (Å²) in [6.45, 7) is 0.228. The molecule has 0 saturated carbocycles. The lowest BCUT2D eigenvalue weighted by Gasteiger charge is -2.17. The average Bonchev–Trinajstić information content (AvgIpc) is 2.50. The third kappa shape index (κ3) is 10.3. The standard InChI is InChI=1S/C12H23N3O6/c1-13-10(16)19-7-5-4-6-9(21-12(18)15-3)8-20-11(17)14-2/h9H,4-8H2,1-3H3,(H,13,16)(H,14,17)(H,15,18). The maximum Gasteiger partial charge on any atom is 0.407 e. The summed E-state index contributed by atoms with van der Waals surface area (Å²) in [4.78, 5) is 33.0. The molecule has 0 aliphatic heterocycles. The molecule has 0 fully saturated rings. The van der Waals surface area contributed by atoms with Crippen molar-refractivity contribution in [2.75, 3.05) is 34.4 Å². The van der Waals surface area contributed by atoms with Crippen LogP contribution in [-0.2, 0) is 14.2 Å². The number of rotatable bonds is 8. The molecule has 0 spiro atoms.